The molecule has 64 valence electrons. The summed E-state index contributed by atoms with van der Waals surface area (Å²) in [5.74, 6) is -0.664. The van der Waals surface area contributed by atoms with Crippen molar-refractivity contribution in [2.24, 2.45) is 0 Å². The molecule has 0 bridgehead atoms. The minimum Gasteiger partial charge on any atom is -0.303 e. The highest BCUT2D eigenvalue weighted by atomic mass is 31.2. The first-order valence-corrected chi connectivity index (χ1v) is 4.14. The Hall–Kier alpha value is -0.550. The van der Waals surface area contributed by atoms with Gasteiger partial charge in [-0.2, -0.15) is 0 Å². The van der Waals surface area contributed by atoms with Crippen molar-refractivity contribution in [2.75, 3.05) is 6.61 Å². The van der Waals surface area contributed by atoms with Crippen molar-refractivity contribution in [3.05, 3.63) is 0 Å². The number of carbonyl (C=O) groups is 2. The molecule has 0 aromatic rings. The maximum atomic E-state index is 10.4. The lowest BCUT2D eigenvalue weighted by atomic mass is 10.3. The molecule has 0 saturated heterocycles. The SMILES string of the molecule is O=CCC(=O)COP(=O)(O)O. The second kappa shape index (κ2) is 4.35. The van der Waals surface area contributed by atoms with Crippen molar-refractivity contribution in [3.63, 3.8) is 0 Å². The van der Waals surface area contributed by atoms with Crippen LogP contribution in [0.1, 0.15) is 6.42 Å². The van der Waals surface area contributed by atoms with Gasteiger partial charge in [0.15, 0.2) is 5.78 Å². The fourth-order valence-electron chi connectivity index (χ4n) is 0.308. The fraction of sp³-hybridized carbons (Fsp3) is 0.500. The van der Waals surface area contributed by atoms with Crippen LogP contribution in [0, 0.1) is 0 Å². The van der Waals surface area contributed by atoms with Crippen LogP contribution in [0.2, 0.25) is 0 Å². The molecule has 11 heavy (non-hydrogen) atoms. The lowest BCUT2D eigenvalue weighted by molar-refractivity contribution is -0.124. The van der Waals surface area contributed by atoms with Crippen LogP contribution >= 0.6 is 7.82 Å². The Morgan fingerprint density at radius 2 is 2.09 bits per heavy atom. The lowest BCUT2D eigenvalue weighted by Crippen LogP contribution is -2.07. The minimum absolute atomic E-state index is 0.339. The number of Topliss-reactive ketones (excluding diaryl/α,β-unsaturated/α-hetero) is 1. The van der Waals surface area contributed by atoms with Crippen molar-refractivity contribution >= 4 is 19.9 Å². The monoisotopic (exact) mass is 182 g/mol. The number of hydrogen-bond donors (Lipinski definition) is 2. The van der Waals surface area contributed by atoms with Crippen molar-refractivity contribution in [2.45, 2.75) is 6.42 Å². The van der Waals surface area contributed by atoms with Gasteiger partial charge in [0, 0.05) is 0 Å². The maximum Gasteiger partial charge on any atom is 0.470 e. The molecule has 0 spiro atoms. The summed E-state index contributed by atoms with van der Waals surface area (Å²) in [5.41, 5.74) is 0. The zero-order valence-electron chi connectivity index (χ0n) is 5.47. The van der Waals surface area contributed by atoms with Crippen molar-refractivity contribution in [1.82, 2.24) is 0 Å². The zero-order chi connectivity index (χ0) is 8.91. The van der Waals surface area contributed by atoms with E-state index < -0.39 is 20.2 Å². The molecule has 0 fully saturated rings. The van der Waals surface area contributed by atoms with E-state index in [9.17, 15) is 14.2 Å². The molecule has 6 nitrogen and oxygen atoms in total. The fourth-order valence-corrected chi connectivity index (χ4v) is 0.620. The van der Waals surface area contributed by atoms with E-state index in [1.165, 1.54) is 0 Å². The van der Waals surface area contributed by atoms with Gasteiger partial charge in [-0.05, 0) is 0 Å². The van der Waals surface area contributed by atoms with Crippen LogP contribution in [0.4, 0.5) is 0 Å². The first-order valence-electron chi connectivity index (χ1n) is 2.61. The van der Waals surface area contributed by atoms with Crippen molar-refractivity contribution < 1.29 is 28.5 Å². The molecule has 0 rings (SSSR count). The van der Waals surface area contributed by atoms with Crippen molar-refractivity contribution in [1.29, 1.82) is 0 Å². The van der Waals surface area contributed by atoms with E-state index >= 15 is 0 Å². The van der Waals surface area contributed by atoms with Gasteiger partial charge in [-0.15, -0.1) is 0 Å². The van der Waals surface area contributed by atoms with Crippen LogP contribution in [0.15, 0.2) is 0 Å². The number of phosphoric ester groups is 1. The Kier molecular flexibility index (Phi) is 4.14. The molecule has 0 aliphatic heterocycles. The second-order valence-electron chi connectivity index (χ2n) is 1.67. The largest absolute Gasteiger partial charge is 0.470 e. The molecule has 0 atom stereocenters. The summed E-state index contributed by atoms with van der Waals surface area (Å²) in [5, 5.41) is 0. The molecule has 0 aliphatic carbocycles. The van der Waals surface area contributed by atoms with Crippen LogP contribution < -0.4 is 0 Å². The molecular weight excluding hydrogens is 175 g/mol. The molecule has 0 aromatic carbocycles. The van der Waals surface area contributed by atoms with Gasteiger partial charge >= 0.3 is 7.82 Å². The molecule has 0 aromatic heterocycles. The molecule has 2 N–H and O–H groups in total. The molecular formula is C4H7O6P. The van der Waals surface area contributed by atoms with Gasteiger partial charge in [-0.3, -0.25) is 9.32 Å². The van der Waals surface area contributed by atoms with Crippen LogP contribution in [0.5, 0.6) is 0 Å². The minimum atomic E-state index is -4.58. The Morgan fingerprint density at radius 1 is 1.55 bits per heavy atom. The van der Waals surface area contributed by atoms with E-state index in [4.69, 9.17) is 9.79 Å². The predicted molar refractivity (Wildman–Crippen MR) is 33.7 cm³/mol. The normalized spacial score (nSPS) is 11.1. The molecule has 0 radical (unpaired) electrons. The Labute approximate surface area is 62.4 Å². The van der Waals surface area contributed by atoms with E-state index in [0.29, 0.717) is 6.29 Å². The first kappa shape index (κ1) is 10.4. The van der Waals surface area contributed by atoms with Crippen LogP contribution in [0.25, 0.3) is 0 Å². The highest BCUT2D eigenvalue weighted by molar-refractivity contribution is 7.46. The van der Waals surface area contributed by atoms with Gasteiger partial charge < -0.3 is 14.6 Å². The van der Waals surface area contributed by atoms with Gasteiger partial charge in [0.05, 0.1) is 6.42 Å². The highest BCUT2D eigenvalue weighted by Gasteiger charge is 2.15. The molecule has 0 aliphatic rings. The first-order chi connectivity index (χ1) is 4.95. The molecule has 0 saturated carbocycles. The summed E-state index contributed by atoms with van der Waals surface area (Å²) in [6, 6.07) is 0. The average Bonchev–Trinajstić information content (AvgIpc) is 1.83. The third kappa shape index (κ3) is 7.35. The van der Waals surface area contributed by atoms with Gasteiger partial charge in [0.1, 0.15) is 12.9 Å². The molecule has 0 unspecified atom stereocenters. The number of ketones is 1. The highest BCUT2D eigenvalue weighted by Crippen LogP contribution is 2.35. The van der Waals surface area contributed by atoms with Crippen LogP contribution in [-0.2, 0) is 18.7 Å². The maximum absolute atomic E-state index is 10.4. The predicted octanol–water partition coefficient (Wildman–Crippen LogP) is -0.746. The Bertz CT molecular complexity index is 193. The molecule has 7 heteroatoms. The molecule has 0 amide bonds. The van der Waals surface area contributed by atoms with Crippen LogP contribution in [0.3, 0.4) is 0 Å². The summed E-state index contributed by atoms with van der Waals surface area (Å²) in [6.07, 6.45) is -0.0502. The van der Waals surface area contributed by atoms with E-state index in [1.807, 2.05) is 0 Å². The quantitative estimate of drug-likeness (QED) is 0.329. The third-order valence-corrected chi connectivity index (χ3v) is 1.17. The average molecular weight is 182 g/mol. The smallest absolute Gasteiger partial charge is 0.303 e. The lowest BCUT2D eigenvalue weighted by Gasteiger charge is -2.01. The summed E-state index contributed by atoms with van der Waals surface area (Å²) in [7, 11) is -4.58. The Morgan fingerprint density at radius 3 is 2.45 bits per heavy atom. The number of phosphoric acid groups is 1. The summed E-state index contributed by atoms with van der Waals surface area (Å²) >= 11 is 0. The second-order valence-corrected chi connectivity index (χ2v) is 2.91. The molecule has 0 heterocycles. The topological polar surface area (TPSA) is 101 Å². The van der Waals surface area contributed by atoms with Crippen molar-refractivity contribution in [3.8, 4) is 0 Å². The number of aldehydes is 1. The Balaban J connectivity index is 3.63. The summed E-state index contributed by atoms with van der Waals surface area (Å²) in [6.45, 7) is -0.733. The number of carbonyl (C=O) groups excluding carboxylic acids is 2. The standard InChI is InChI=1S/C4H7O6P/c5-2-1-4(6)3-10-11(7,8)9/h2H,1,3H2,(H2,7,8,9). The van der Waals surface area contributed by atoms with Gasteiger partial charge in [-0.25, -0.2) is 4.57 Å². The summed E-state index contributed by atoms with van der Waals surface area (Å²) in [4.78, 5) is 36.2. The van der Waals surface area contributed by atoms with Gasteiger partial charge in [0.2, 0.25) is 0 Å². The number of rotatable bonds is 5. The van der Waals surface area contributed by atoms with Gasteiger partial charge in [0.25, 0.3) is 0 Å². The van der Waals surface area contributed by atoms with Gasteiger partial charge in [-0.1, -0.05) is 0 Å². The van der Waals surface area contributed by atoms with E-state index in [-0.39, 0.29) is 6.42 Å². The summed E-state index contributed by atoms with van der Waals surface area (Å²) < 4.78 is 13.8. The van der Waals surface area contributed by atoms with E-state index in [0.717, 1.165) is 0 Å². The number of hydrogen-bond acceptors (Lipinski definition) is 4. The van der Waals surface area contributed by atoms with E-state index in [1.54, 1.807) is 0 Å². The van der Waals surface area contributed by atoms with E-state index in [2.05, 4.69) is 4.52 Å². The zero-order valence-corrected chi connectivity index (χ0v) is 6.36. The van der Waals surface area contributed by atoms with Crippen LogP contribution in [-0.4, -0.2) is 28.5 Å². The third-order valence-electron chi connectivity index (χ3n) is 0.705.